The molecule has 0 radical (unpaired) electrons. The Morgan fingerprint density at radius 2 is 2.21 bits per heavy atom. The highest BCUT2D eigenvalue weighted by molar-refractivity contribution is 9.10. The highest BCUT2D eigenvalue weighted by Crippen LogP contribution is 2.38. The maximum atomic E-state index is 13.9. The fraction of sp³-hybridized carbons (Fsp3) is 0.278. The predicted octanol–water partition coefficient (Wildman–Crippen LogP) is 1.91. The number of halogens is 2. The lowest BCUT2D eigenvalue weighted by Crippen LogP contribution is -2.21. The number of aliphatic hydroxyl groups excluding tert-OH is 1. The molecule has 1 unspecified atom stereocenters. The van der Waals surface area contributed by atoms with Crippen molar-refractivity contribution in [3.05, 3.63) is 45.1 Å². The summed E-state index contributed by atoms with van der Waals surface area (Å²) in [5.74, 6) is -0.682. The third-order valence-corrected chi connectivity index (χ3v) is 4.96. The number of nitrogens with zero attached hydrogens (tertiary/aromatic N) is 3. The largest absolute Gasteiger partial charge is 0.491 e. The first-order valence-electron chi connectivity index (χ1n) is 8.35. The van der Waals surface area contributed by atoms with Crippen molar-refractivity contribution in [2.75, 3.05) is 13.7 Å². The fourth-order valence-electron chi connectivity index (χ4n) is 3.10. The third-order valence-electron chi connectivity index (χ3n) is 4.35. The number of ether oxygens (including phenoxy) is 1. The van der Waals surface area contributed by atoms with Crippen molar-refractivity contribution in [1.82, 2.24) is 9.55 Å². The Morgan fingerprint density at radius 1 is 1.50 bits per heavy atom. The lowest BCUT2D eigenvalue weighted by atomic mass is 10.0. The molecule has 1 amide bonds. The van der Waals surface area contributed by atoms with Crippen LogP contribution in [0.4, 0.5) is 4.39 Å². The lowest BCUT2D eigenvalue weighted by molar-refractivity contribution is 0.0989. The molecule has 3 rings (SSSR count). The predicted molar refractivity (Wildman–Crippen MR) is 106 cm³/mol. The van der Waals surface area contributed by atoms with Gasteiger partial charge in [-0.05, 0) is 28.9 Å². The number of aliphatic hydroxyl groups is 1. The van der Waals surface area contributed by atoms with Crippen LogP contribution in [0.2, 0.25) is 0 Å². The molecule has 0 saturated carbocycles. The summed E-state index contributed by atoms with van der Waals surface area (Å²) in [6, 6.07) is 2.75. The molecule has 1 aromatic carbocycles. The number of carbonyl (C=O) groups excluding carboxylic acids is 1. The van der Waals surface area contributed by atoms with Crippen LogP contribution in [0.3, 0.4) is 0 Å². The molecule has 0 fully saturated rings. The number of rotatable bonds is 4. The molecule has 2 aromatic rings. The number of benzene rings is 1. The smallest absolute Gasteiger partial charge is 0.269 e. The van der Waals surface area contributed by atoms with E-state index in [1.165, 1.54) is 25.4 Å². The van der Waals surface area contributed by atoms with Crippen LogP contribution in [0, 0.1) is 5.82 Å². The van der Waals surface area contributed by atoms with Crippen LogP contribution in [-0.2, 0) is 6.54 Å². The molecule has 1 atom stereocenters. The van der Waals surface area contributed by atoms with Crippen LogP contribution in [0.25, 0.3) is 11.4 Å². The third kappa shape index (κ3) is 3.40. The van der Waals surface area contributed by atoms with Gasteiger partial charge in [0.05, 0.1) is 22.3 Å². The normalized spacial score (nSPS) is 15.3. The van der Waals surface area contributed by atoms with Gasteiger partial charge in [0, 0.05) is 30.6 Å². The van der Waals surface area contributed by atoms with Gasteiger partial charge < -0.3 is 25.9 Å². The standard InChI is InChI=1S/C18H19BrFN5O3/c1-8(21)10(7-23-2)16(26)15-14(17(22)27)24-18-9-5-11(19)12(20)6-13(9)28-4-3-25(15)18/h5-7,16,26H,3-4,21H2,1-2H3,(H2,22,27)/b10-8+,23-7?. The van der Waals surface area contributed by atoms with Crippen LogP contribution >= 0.6 is 15.9 Å². The monoisotopic (exact) mass is 451 g/mol. The molecule has 0 spiro atoms. The molecule has 5 N–H and O–H groups in total. The van der Waals surface area contributed by atoms with Gasteiger partial charge >= 0.3 is 0 Å². The van der Waals surface area contributed by atoms with Crippen molar-refractivity contribution in [3.63, 3.8) is 0 Å². The number of carbonyl (C=O) groups is 1. The molecule has 0 saturated heterocycles. The van der Waals surface area contributed by atoms with Crippen LogP contribution in [-0.4, -0.2) is 40.4 Å². The van der Waals surface area contributed by atoms with Gasteiger partial charge in [0.2, 0.25) is 0 Å². The summed E-state index contributed by atoms with van der Waals surface area (Å²) in [7, 11) is 1.54. The van der Waals surface area contributed by atoms with E-state index in [0.29, 0.717) is 22.7 Å². The van der Waals surface area contributed by atoms with E-state index in [1.807, 2.05) is 0 Å². The number of allylic oxidation sites excluding steroid dienone is 1. The van der Waals surface area contributed by atoms with Gasteiger partial charge in [0.1, 0.15) is 30.1 Å². The van der Waals surface area contributed by atoms with Crippen LogP contribution in [0.5, 0.6) is 5.75 Å². The molecule has 148 valence electrons. The van der Waals surface area contributed by atoms with Gasteiger partial charge in [-0.1, -0.05) is 0 Å². The number of aromatic nitrogens is 2. The highest BCUT2D eigenvalue weighted by Gasteiger charge is 2.31. The maximum Gasteiger partial charge on any atom is 0.269 e. The number of nitrogens with two attached hydrogens (primary N) is 2. The molecule has 1 aliphatic heterocycles. The summed E-state index contributed by atoms with van der Waals surface area (Å²) in [5.41, 5.74) is 12.6. The Morgan fingerprint density at radius 3 is 2.82 bits per heavy atom. The zero-order valence-electron chi connectivity index (χ0n) is 15.2. The summed E-state index contributed by atoms with van der Waals surface area (Å²) >= 11 is 3.15. The number of hydrogen-bond donors (Lipinski definition) is 3. The SMILES string of the molecule is CN=C/C(=C(/C)N)C(O)c1c(C(N)=O)nc2n1CCOc1cc(F)c(Br)cc1-2. The molecule has 28 heavy (non-hydrogen) atoms. The summed E-state index contributed by atoms with van der Waals surface area (Å²) in [6.07, 6.45) is 0.126. The number of primary amides is 1. The fourth-order valence-corrected chi connectivity index (χ4v) is 3.44. The molecule has 1 aliphatic rings. The summed E-state index contributed by atoms with van der Waals surface area (Å²) in [5, 5.41) is 11.0. The van der Waals surface area contributed by atoms with E-state index in [-0.39, 0.29) is 34.8 Å². The van der Waals surface area contributed by atoms with Crippen LogP contribution < -0.4 is 16.2 Å². The Balaban J connectivity index is 2.29. The number of aliphatic imine (C=N–C) groups is 1. The first kappa shape index (κ1) is 20.0. The van der Waals surface area contributed by atoms with Crippen molar-refractivity contribution >= 4 is 28.1 Å². The molecule has 0 bridgehead atoms. The quantitative estimate of drug-likeness (QED) is 0.611. The van der Waals surface area contributed by atoms with Crippen LogP contribution in [0.15, 0.2) is 32.9 Å². The van der Waals surface area contributed by atoms with E-state index < -0.39 is 17.8 Å². The van der Waals surface area contributed by atoms with Gasteiger partial charge in [0.15, 0.2) is 5.69 Å². The first-order chi connectivity index (χ1) is 13.3. The molecule has 8 nitrogen and oxygen atoms in total. The van der Waals surface area contributed by atoms with E-state index in [1.54, 1.807) is 11.5 Å². The topological polar surface area (TPSA) is 129 Å². The second-order valence-corrected chi connectivity index (χ2v) is 7.08. The molecule has 2 heterocycles. The summed E-state index contributed by atoms with van der Waals surface area (Å²) < 4.78 is 21.4. The molecule has 10 heteroatoms. The van der Waals surface area contributed by atoms with Crippen molar-refractivity contribution in [3.8, 4) is 17.1 Å². The van der Waals surface area contributed by atoms with E-state index in [4.69, 9.17) is 16.2 Å². The Bertz CT molecular complexity index is 1010. The highest BCUT2D eigenvalue weighted by atomic mass is 79.9. The summed E-state index contributed by atoms with van der Waals surface area (Å²) in [4.78, 5) is 20.3. The van der Waals surface area contributed by atoms with E-state index in [2.05, 4.69) is 25.9 Å². The van der Waals surface area contributed by atoms with E-state index >= 15 is 0 Å². The van der Waals surface area contributed by atoms with Crippen LogP contribution in [0.1, 0.15) is 29.2 Å². The number of imidazole rings is 1. The molecular weight excluding hydrogens is 433 g/mol. The number of hydrogen-bond acceptors (Lipinski definition) is 6. The zero-order valence-corrected chi connectivity index (χ0v) is 16.8. The second kappa shape index (κ2) is 7.72. The molecule has 0 aliphatic carbocycles. The van der Waals surface area contributed by atoms with Crippen molar-refractivity contribution in [1.29, 1.82) is 0 Å². The first-order valence-corrected chi connectivity index (χ1v) is 9.14. The second-order valence-electron chi connectivity index (χ2n) is 6.22. The van der Waals surface area contributed by atoms with Gasteiger partial charge in [-0.3, -0.25) is 9.79 Å². The van der Waals surface area contributed by atoms with Gasteiger partial charge in [-0.15, -0.1) is 0 Å². The van der Waals surface area contributed by atoms with Crippen molar-refractivity contribution < 1.29 is 19.0 Å². The van der Waals surface area contributed by atoms with Crippen molar-refractivity contribution in [2.24, 2.45) is 16.5 Å². The minimum absolute atomic E-state index is 0.0981. The average molecular weight is 452 g/mol. The number of fused-ring (bicyclic) bond motifs is 3. The maximum absolute atomic E-state index is 13.9. The Hall–Kier alpha value is -2.72. The Labute approximate surface area is 168 Å². The minimum Gasteiger partial charge on any atom is -0.491 e. The lowest BCUT2D eigenvalue weighted by Gasteiger charge is -2.17. The van der Waals surface area contributed by atoms with Crippen molar-refractivity contribution in [2.45, 2.75) is 19.6 Å². The van der Waals surface area contributed by atoms with Gasteiger partial charge in [0.25, 0.3) is 5.91 Å². The summed E-state index contributed by atoms with van der Waals surface area (Å²) in [6.45, 7) is 2.05. The van der Waals surface area contributed by atoms with E-state index in [9.17, 15) is 14.3 Å². The zero-order chi connectivity index (χ0) is 20.6. The average Bonchev–Trinajstić information content (AvgIpc) is 2.93. The van der Waals surface area contributed by atoms with Gasteiger partial charge in [-0.25, -0.2) is 9.37 Å². The van der Waals surface area contributed by atoms with Gasteiger partial charge in [-0.2, -0.15) is 0 Å². The Kier molecular flexibility index (Phi) is 5.52. The molecule has 1 aromatic heterocycles. The number of amides is 1. The van der Waals surface area contributed by atoms with E-state index in [0.717, 1.165) is 0 Å². The molecular formula is C18H19BrFN5O3. The minimum atomic E-state index is -1.29.